The highest BCUT2D eigenvalue weighted by Crippen LogP contribution is 2.25. The summed E-state index contributed by atoms with van der Waals surface area (Å²) in [6, 6.07) is 9.58. The molecule has 0 bridgehead atoms. The van der Waals surface area contributed by atoms with Crippen molar-refractivity contribution in [1.82, 2.24) is 0 Å². The first-order chi connectivity index (χ1) is 12.3. The van der Waals surface area contributed by atoms with Crippen LogP contribution >= 0.6 is 0 Å². The Hall–Kier alpha value is -2.33. The molecular formula is C22H29NO3. The van der Waals surface area contributed by atoms with Crippen LogP contribution in [0.4, 0.5) is 5.69 Å². The fourth-order valence-corrected chi connectivity index (χ4v) is 3.00. The van der Waals surface area contributed by atoms with Crippen molar-refractivity contribution in [3.05, 3.63) is 58.1 Å². The molecule has 2 aromatic rings. The molecule has 4 heteroatoms. The van der Waals surface area contributed by atoms with E-state index >= 15 is 0 Å². The maximum Gasteiger partial charge on any atom is 0.255 e. The molecule has 26 heavy (non-hydrogen) atoms. The second-order valence-corrected chi connectivity index (χ2v) is 7.16. The van der Waals surface area contributed by atoms with Gasteiger partial charge in [0.1, 0.15) is 5.75 Å². The fraction of sp³-hybridized carbons (Fsp3) is 0.409. The van der Waals surface area contributed by atoms with Crippen molar-refractivity contribution in [3.8, 4) is 5.75 Å². The smallest absolute Gasteiger partial charge is 0.255 e. The van der Waals surface area contributed by atoms with Gasteiger partial charge in [-0.25, -0.2) is 0 Å². The van der Waals surface area contributed by atoms with Crippen molar-refractivity contribution in [2.24, 2.45) is 5.92 Å². The number of aryl methyl sites for hydroxylation is 3. The fourth-order valence-electron chi connectivity index (χ4n) is 3.00. The lowest BCUT2D eigenvalue weighted by Crippen LogP contribution is -2.14. The molecule has 4 nitrogen and oxygen atoms in total. The molecule has 0 atom stereocenters. The molecule has 140 valence electrons. The number of amides is 1. The molecule has 0 saturated heterocycles. The first kappa shape index (κ1) is 20.0. The number of hydrogen-bond donors (Lipinski definition) is 1. The van der Waals surface area contributed by atoms with Crippen LogP contribution in [0.5, 0.6) is 5.75 Å². The van der Waals surface area contributed by atoms with Gasteiger partial charge in [0.25, 0.3) is 5.91 Å². The Morgan fingerprint density at radius 3 is 2.31 bits per heavy atom. The van der Waals surface area contributed by atoms with E-state index in [4.69, 9.17) is 9.47 Å². The summed E-state index contributed by atoms with van der Waals surface area (Å²) in [5.41, 5.74) is 5.64. The monoisotopic (exact) mass is 355 g/mol. The van der Waals surface area contributed by atoms with E-state index in [9.17, 15) is 4.79 Å². The predicted octanol–water partition coefficient (Wildman–Crippen LogP) is 5.05. The first-order valence-electron chi connectivity index (χ1n) is 8.95. The van der Waals surface area contributed by atoms with Crippen LogP contribution in [0.3, 0.4) is 0 Å². The summed E-state index contributed by atoms with van der Waals surface area (Å²) in [5, 5.41) is 3.04. The van der Waals surface area contributed by atoms with E-state index in [1.54, 1.807) is 13.2 Å². The highest BCUT2D eigenvalue weighted by atomic mass is 16.5. The van der Waals surface area contributed by atoms with E-state index in [0.717, 1.165) is 28.1 Å². The molecule has 1 amide bonds. The van der Waals surface area contributed by atoms with Crippen molar-refractivity contribution in [1.29, 1.82) is 0 Å². The number of carbonyl (C=O) groups excluding carboxylic acids is 1. The molecular weight excluding hydrogens is 326 g/mol. The third kappa shape index (κ3) is 5.09. The van der Waals surface area contributed by atoms with Gasteiger partial charge < -0.3 is 14.8 Å². The summed E-state index contributed by atoms with van der Waals surface area (Å²) in [4.78, 5) is 12.7. The Morgan fingerprint density at radius 2 is 1.73 bits per heavy atom. The average Bonchev–Trinajstić information content (AvgIpc) is 2.57. The van der Waals surface area contributed by atoms with Crippen molar-refractivity contribution >= 4 is 11.6 Å². The molecule has 0 aliphatic heterocycles. The van der Waals surface area contributed by atoms with Crippen molar-refractivity contribution < 1.29 is 14.3 Å². The van der Waals surface area contributed by atoms with E-state index < -0.39 is 0 Å². The van der Waals surface area contributed by atoms with Crippen LogP contribution in [0.1, 0.15) is 46.5 Å². The van der Waals surface area contributed by atoms with E-state index in [1.807, 2.05) is 26.0 Å². The third-order valence-corrected chi connectivity index (χ3v) is 4.17. The van der Waals surface area contributed by atoms with E-state index in [2.05, 4.69) is 38.2 Å². The van der Waals surface area contributed by atoms with Crippen molar-refractivity contribution in [2.75, 3.05) is 19.0 Å². The first-order valence-corrected chi connectivity index (χ1v) is 8.95. The molecule has 0 spiro atoms. The standard InChI is InChI=1S/C22H29NO3/c1-14(2)12-26-13-19-11-18(7-8-20(19)25-6)22(24)23-21-16(4)9-15(3)10-17(21)5/h7-11,14H,12-13H2,1-6H3,(H,23,24). The summed E-state index contributed by atoms with van der Waals surface area (Å²) < 4.78 is 11.1. The zero-order chi connectivity index (χ0) is 19.3. The molecule has 0 unspecified atom stereocenters. The molecule has 0 aromatic heterocycles. The number of nitrogens with one attached hydrogen (secondary N) is 1. The number of carbonyl (C=O) groups is 1. The highest BCUT2D eigenvalue weighted by molar-refractivity contribution is 6.05. The van der Waals surface area contributed by atoms with Gasteiger partial charge in [-0.1, -0.05) is 31.5 Å². The minimum Gasteiger partial charge on any atom is -0.496 e. The number of methoxy groups -OCH3 is 1. The number of hydrogen-bond acceptors (Lipinski definition) is 3. The molecule has 0 aliphatic rings. The lowest BCUT2D eigenvalue weighted by molar-refractivity contribution is 0.0952. The molecule has 0 fully saturated rings. The summed E-state index contributed by atoms with van der Waals surface area (Å²) in [5.74, 6) is 1.06. The SMILES string of the molecule is COc1ccc(C(=O)Nc2c(C)cc(C)cc2C)cc1COCC(C)C. The van der Waals surface area contributed by atoms with Crippen LogP contribution in [-0.4, -0.2) is 19.6 Å². The molecule has 0 heterocycles. The molecule has 0 radical (unpaired) electrons. The lowest BCUT2D eigenvalue weighted by Gasteiger charge is -2.15. The Labute approximate surface area is 156 Å². The van der Waals surface area contributed by atoms with Gasteiger partial charge in [0.05, 0.1) is 13.7 Å². The van der Waals surface area contributed by atoms with Crippen molar-refractivity contribution in [3.63, 3.8) is 0 Å². The zero-order valence-corrected chi connectivity index (χ0v) is 16.6. The second-order valence-electron chi connectivity index (χ2n) is 7.16. The van der Waals surface area contributed by atoms with Gasteiger partial charge in [-0.05, 0) is 56.0 Å². The maximum atomic E-state index is 12.7. The molecule has 0 aliphatic carbocycles. The van der Waals surface area contributed by atoms with Crippen LogP contribution in [0.2, 0.25) is 0 Å². The largest absolute Gasteiger partial charge is 0.496 e. The van der Waals surface area contributed by atoms with Gasteiger partial charge in [-0.15, -0.1) is 0 Å². The predicted molar refractivity (Wildman–Crippen MR) is 106 cm³/mol. The van der Waals surface area contributed by atoms with E-state index in [1.165, 1.54) is 5.56 Å². The van der Waals surface area contributed by atoms with E-state index in [0.29, 0.717) is 24.7 Å². The average molecular weight is 355 g/mol. The van der Waals surface area contributed by atoms with Crippen molar-refractivity contribution in [2.45, 2.75) is 41.2 Å². The highest BCUT2D eigenvalue weighted by Gasteiger charge is 2.13. The molecule has 2 rings (SSSR count). The molecule has 0 saturated carbocycles. The van der Waals surface area contributed by atoms with Gasteiger partial charge in [-0.2, -0.15) is 0 Å². The Morgan fingerprint density at radius 1 is 1.08 bits per heavy atom. The minimum atomic E-state index is -0.132. The van der Waals surface area contributed by atoms with Crippen LogP contribution < -0.4 is 10.1 Å². The number of benzene rings is 2. The lowest BCUT2D eigenvalue weighted by atomic mass is 10.0. The summed E-state index contributed by atoms with van der Waals surface area (Å²) in [7, 11) is 1.63. The normalized spacial score (nSPS) is 10.9. The van der Waals surface area contributed by atoms with Crippen LogP contribution in [-0.2, 0) is 11.3 Å². The Bertz CT molecular complexity index is 758. The summed E-state index contributed by atoms with van der Waals surface area (Å²) in [6.45, 7) is 11.4. The van der Waals surface area contributed by atoms with Gasteiger partial charge in [0, 0.05) is 23.4 Å². The number of anilines is 1. The van der Waals surface area contributed by atoms with Gasteiger partial charge >= 0.3 is 0 Å². The van der Waals surface area contributed by atoms with E-state index in [-0.39, 0.29) is 5.91 Å². The number of rotatable bonds is 7. The minimum absolute atomic E-state index is 0.132. The summed E-state index contributed by atoms with van der Waals surface area (Å²) in [6.07, 6.45) is 0. The molecule has 2 aromatic carbocycles. The van der Waals surface area contributed by atoms with Gasteiger partial charge in [0.2, 0.25) is 0 Å². The zero-order valence-electron chi connectivity index (χ0n) is 16.6. The maximum absolute atomic E-state index is 12.7. The van der Waals surface area contributed by atoms with Crippen LogP contribution in [0.25, 0.3) is 0 Å². The third-order valence-electron chi connectivity index (χ3n) is 4.17. The number of ether oxygens (including phenoxy) is 2. The van der Waals surface area contributed by atoms with Gasteiger partial charge in [-0.3, -0.25) is 4.79 Å². The Kier molecular flexibility index (Phi) is 6.81. The van der Waals surface area contributed by atoms with Crippen LogP contribution in [0, 0.1) is 26.7 Å². The van der Waals surface area contributed by atoms with Crippen LogP contribution in [0.15, 0.2) is 30.3 Å². The topological polar surface area (TPSA) is 47.6 Å². The van der Waals surface area contributed by atoms with Gasteiger partial charge in [0.15, 0.2) is 0 Å². The quantitative estimate of drug-likeness (QED) is 0.756. The Balaban J connectivity index is 2.21. The second kappa shape index (κ2) is 8.86. The molecule has 1 N–H and O–H groups in total. The summed E-state index contributed by atoms with van der Waals surface area (Å²) >= 11 is 0.